The van der Waals surface area contributed by atoms with E-state index in [1.165, 1.54) is 11.1 Å². The van der Waals surface area contributed by atoms with Gasteiger partial charge in [0.15, 0.2) is 0 Å². The van der Waals surface area contributed by atoms with E-state index in [0.717, 1.165) is 17.5 Å². The predicted octanol–water partition coefficient (Wildman–Crippen LogP) is 1.55. The van der Waals surface area contributed by atoms with Gasteiger partial charge in [0.25, 0.3) is 0 Å². The maximum atomic E-state index is 11.3. The van der Waals surface area contributed by atoms with Crippen molar-refractivity contribution in [2.75, 3.05) is 0 Å². The summed E-state index contributed by atoms with van der Waals surface area (Å²) in [5.41, 5.74) is 4.50. The van der Waals surface area contributed by atoms with Crippen molar-refractivity contribution in [3.05, 3.63) is 34.4 Å². The average Bonchev–Trinajstić information content (AvgIpc) is 2.19. The van der Waals surface area contributed by atoms with E-state index < -0.39 is 0 Å². The van der Waals surface area contributed by atoms with Crippen LogP contribution in [0.15, 0.2) is 12.1 Å². The van der Waals surface area contributed by atoms with Gasteiger partial charge in [-0.15, -0.1) is 0 Å². The molecule has 2 heteroatoms. The Balaban J connectivity index is 2.54. The number of Topliss-reactive ketones (excluding diaryl/α,β-unsaturated/α-hetero) is 1. The summed E-state index contributed by atoms with van der Waals surface area (Å²) in [5.74, 6) is 0.315. The fourth-order valence-electron chi connectivity index (χ4n) is 2.11. The molecule has 0 bridgehead atoms. The molecule has 0 radical (unpaired) electrons. The van der Waals surface area contributed by atoms with Gasteiger partial charge in [-0.2, -0.15) is 0 Å². The number of aryl methyl sites for hydroxylation is 1. The maximum Gasteiger partial charge on any atom is 0.137 e. The molecule has 0 fully saturated rings. The summed E-state index contributed by atoms with van der Waals surface area (Å²) in [6, 6.07) is 3.95. The zero-order valence-corrected chi connectivity index (χ0v) is 8.34. The number of carbonyl (C=O) groups is 1. The minimum atomic E-state index is 0.0802. The van der Waals surface area contributed by atoms with Crippen LogP contribution in [0, 0.1) is 6.92 Å². The molecule has 0 spiro atoms. The van der Waals surface area contributed by atoms with Crippen LogP contribution < -0.4 is 0 Å². The van der Waals surface area contributed by atoms with E-state index in [0.29, 0.717) is 18.6 Å². The molecule has 1 aromatic carbocycles. The molecular formula is C12H14O2. The number of carbonyl (C=O) groups excluding carboxylic acids is 1. The smallest absolute Gasteiger partial charge is 0.137 e. The largest absolute Gasteiger partial charge is 0.392 e. The fourth-order valence-corrected chi connectivity index (χ4v) is 2.11. The van der Waals surface area contributed by atoms with Crippen LogP contribution in [0.25, 0.3) is 0 Å². The molecule has 0 amide bonds. The van der Waals surface area contributed by atoms with Gasteiger partial charge in [0.2, 0.25) is 0 Å². The van der Waals surface area contributed by atoms with Gasteiger partial charge in [0.05, 0.1) is 6.61 Å². The van der Waals surface area contributed by atoms with Crippen LogP contribution >= 0.6 is 0 Å². The van der Waals surface area contributed by atoms with E-state index in [-0.39, 0.29) is 6.61 Å². The monoisotopic (exact) mass is 190 g/mol. The second kappa shape index (κ2) is 3.54. The highest BCUT2D eigenvalue weighted by Crippen LogP contribution is 2.25. The van der Waals surface area contributed by atoms with Crippen LogP contribution in [0.1, 0.15) is 28.7 Å². The molecule has 14 heavy (non-hydrogen) atoms. The molecule has 0 aliphatic heterocycles. The molecule has 0 unspecified atom stereocenters. The van der Waals surface area contributed by atoms with E-state index in [1.54, 1.807) is 0 Å². The number of hydrogen-bond acceptors (Lipinski definition) is 2. The average molecular weight is 190 g/mol. The highest BCUT2D eigenvalue weighted by molar-refractivity contribution is 5.83. The zero-order valence-electron chi connectivity index (χ0n) is 8.34. The first kappa shape index (κ1) is 9.41. The van der Waals surface area contributed by atoms with Gasteiger partial charge in [-0.1, -0.05) is 12.1 Å². The Kier molecular flexibility index (Phi) is 2.38. The molecule has 0 heterocycles. The van der Waals surface area contributed by atoms with Crippen molar-refractivity contribution in [3.63, 3.8) is 0 Å². The van der Waals surface area contributed by atoms with Gasteiger partial charge in [0.1, 0.15) is 5.78 Å². The highest BCUT2D eigenvalue weighted by atomic mass is 16.3. The Morgan fingerprint density at radius 3 is 2.79 bits per heavy atom. The second-order valence-electron chi connectivity index (χ2n) is 3.87. The zero-order chi connectivity index (χ0) is 10.1. The van der Waals surface area contributed by atoms with E-state index in [1.807, 2.05) is 19.1 Å². The van der Waals surface area contributed by atoms with Gasteiger partial charge in [0, 0.05) is 12.8 Å². The van der Waals surface area contributed by atoms with Crippen LogP contribution in [-0.4, -0.2) is 10.9 Å². The van der Waals surface area contributed by atoms with Crippen molar-refractivity contribution in [2.45, 2.75) is 32.8 Å². The van der Waals surface area contributed by atoms with Crippen LogP contribution in [0.2, 0.25) is 0 Å². The lowest BCUT2D eigenvalue weighted by molar-refractivity contribution is -0.118. The minimum Gasteiger partial charge on any atom is -0.392 e. The lowest BCUT2D eigenvalue weighted by Crippen LogP contribution is -2.16. The molecule has 0 atom stereocenters. The lowest BCUT2D eigenvalue weighted by atomic mass is 9.85. The molecule has 1 aromatic rings. The highest BCUT2D eigenvalue weighted by Gasteiger charge is 2.19. The van der Waals surface area contributed by atoms with Gasteiger partial charge in [-0.25, -0.2) is 0 Å². The molecule has 1 aliphatic carbocycles. The van der Waals surface area contributed by atoms with Crippen molar-refractivity contribution >= 4 is 5.78 Å². The third-order valence-electron chi connectivity index (χ3n) is 2.96. The molecular weight excluding hydrogens is 176 g/mol. The van der Waals surface area contributed by atoms with E-state index in [4.69, 9.17) is 5.11 Å². The van der Waals surface area contributed by atoms with Crippen LogP contribution in [0.4, 0.5) is 0 Å². The Hall–Kier alpha value is -1.15. The molecule has 0 saturated carbocycles. The molecule has 74 valence electrons. The first-order chi connectivity index (χ1) is 6.72. The molecule has 1 aliphatic rings. The van der Waals surface area contributed by atoms with Crippen molar-refractivity contribution in [2.24, 2.45) is 0 Å². The fraction of sp³-hybridized carbons (Fsp3) is 0.417. The third-order valence-corrected chi connectivity index (χ3v) is 2.96. The van der Waals surface area contributed by atoms with Crippen molar-refractivity contribution in [3.8, 4) is 0 Å². The third kappa shape index (κ3) is 1.46. The number of fused-ring (bicyclic) bond motifs is 1. The summed E-state index contributed by atoms with van der Waals surface area (Å²) in [7, 11) is 0. The molecule has 0 aromatic heterocycles. The van der Waals surface area contributed by atoms with Gasteiger partial charge in [-0.3, -0.25) is 4.79 Å². The topological polar surface area (TPSA) is 37.3 Å². The standard InChI is InChI=1S/C12H14O2/c1-8-2-3-9(7-13)11-5-4-10(14)6-12(8)11/h2-3,13H,4-7H2,1H3. The SMILES string of the molecule is Cc1ccc(CO)c2c1CC(=O)CC2. The first-order valence-corrected chi connectivity index (χ1v) is 4.95. The van der Waals surface area contributed by atoms with Crippen molar-refractivity contribution in [1.82, 2.24) is 0 Å². The number of ketones is 1. The normalized spacial score (nSPS) is 15.4. The summed E-state index contributed by atoms with van der Waals surface area (Å²) >= 11 is 0. The summed E-state index contributed by atoms with van der Waals surface area (Å²) in [6.07, 6.45) is 1.98. The number of rotatable bonds is 1. The Morgan fingerprint density at radius 1 is 1.29 bits per heavy atom. The Labute approximate surface area is 83.6 Å². The Bertz CT molecular complexity index is 380. The van der Waals surface area contributed by atoms with Gasteiger partial charge in [-0.05, 0) is 35.6 Å². The summed E-state index contributed by atoms with van der Waals surface area (Å²) < 4.78 is 0. The van der Waals surface area contributed by atoms with E-state index >= 15 is 0 Å². The quantitative estimate of drug-likeness (QED) is 0.729. The van der Waals surface area contributed by atoms with E-state index in [2.05, 4.69) is 0 Å². The first-order valence-electron chi connectivity index (χ1n) is 4.95. The van der Waals surface area contributed by atoms with Crippen LogP contribution in [-0.2, 0) is 24.2 Å². The van der Waals surface area contributed by atoms with Gasteiger partial charge < -0.3 is 5.11 Å². The number of benzene rings is 1. The molecule has 2 rings (SSSR count). The summed E-state index contributed by atoms with van der Waals surface area (Å²) in [4.78, 5) is 11.3. The summed E-state index contributed by atoms with van der Waals surface area (Å²) in [5, 5.41) is 9.17. The number of hydrogen-bond donors (Lipinski definition) is 1. The van der Waals surface area contributed by atoms with E-state index in [9.17, 15) is 4.79 Å². The summed E-state index contributed by atoms with van der Waals surface area (Å²) in [6.45, 7) is 2.11. The molecule has 1 N–H and O–H groups in total. The number of aliphatic hydroxyl groups is 1. The van der Waals surface area contributed by atoms with Crippen LogP contribution in [0.3, 0.4) is 0 Å². The number of aliphatic hydroxyl groups excluding tert-OH is 1. The predicted molar refractivity (Wildman–Crippen MR) is 54.1 cm³/mol. The molecule has 0 saturated heterocycles. The second-order valence-corrected chi connectivity index (χ2v) is 3.87. The Morgan fingerprint density at radius 2 is 2.07 bits per heavy atom. The van der Waals surface area contributed by atoms with Gasteiger partial charge >= 0.3 is 0 Å². The van der Waals surface area contributed by atoms with Crippen molar-refractivity contribution < 1.29 is 9.90 Å². The maximum absolute atomic E-state index is 11.3. The lowest BCUT2D eigenvalue weighted by Gasteiger charge is -2.20. The van der Waals surface area contributed by atoms with Crippen LogP contribution in [0.5, 0.6) is 0 Å². The minimum absolute atomic E-state index is 0.0802. The van der Waals surface area contributed by atoms with Crippen molar-refractivity contribution in [1.29, 1.82) is 0 Å². The molecule has 2 nitrogen and oxygen atoms in total.